The Balaban J connectivity index is 2.38. The molecule has 1 heterocycles. The molecule has 1 aliphatic heterocycles. The van der Waals surface area contributed by atoms with Gasteiger partial charge in [-0.05, 0) is 20.8 Å². The van der Waals surface area contributed by atoms with Crippen molar-refractivity contribution in [1.82, 2.24) is 5.32 Å². The summed E-state index contributed by atoms with van der Waals surface area (Å²) in [4.78, 5) is 11.4. The number of alkyl carbamates (subject to hydrolysis) is 1. The van der Waals surface area contributed by atoms with Crippen molar-refractivity contribution >= 4 is 6.09 Å². The molecule has 0 aromatic carbocycles. The molecule has 0 bridgehead atoms. The number of rotatable bonds is 3. The highest BCUT2D eigenvalue weighted by Gasteiger charge is 2.43. The van der Waals surface area contributed by atoms with Crippen molar-refractivity contribution in [3.8, 4) is 0 Å². The van der Waals surface area contributed by atoms with Crippen molar-refractivity contribution < 1.29 is 29.2 Å². The molecule has 1 rings (SSSR count). The molecular formula is C11H21NO6. The summed E-state index contributed by atoms with van der Waals surface area (Å²) in [5.74, 6) is 0. The van der Waals surface area contributed by atoms with Gasteiger partial charge >= 0.3 is 6.09 Å². The average molecular weight is 263 g/mol. The fourth-order valence-electron chi connectivity index (χ4n) is 1.58. The monoisotopic (exact) mass is 263 g/mol. The van der Waals surface area contributed by atoms with Crippen molar-refractivity contribution in [2.24, 2.45) is 0 Å². The first kappa shape index (κ1) is 15.2. The smallest absolute Gasteiger partial charge is 0.407 e. The van der Waals surface area contributed by atoms with Crippen LogP contribution in [0.3, 0.4) is 0 Å². The zero-order valence-corrected chi connectivity index (χ0v) is 11.0. The first-order chi connectivity index (χ1) is 8.24. The number of methoxy groups -OCH3 is 1. The molecule has 0 aromatic rings. The van der Waals surface area contributed by atoms with Crippen LogP contribution >= 0.6 is 0 Å². The number of ether oxygens (including phenoxy) is 3. The van der Waals surface area contributed by atoms with Crippen LogP contribution in [0.4, 0.5) is 4.79 Å². The third-order valence-electron chi connectivity index (χ3n) is 2.40. The van der Waals surface area contributed by atoms with Gasteiger partial charge in [-0.1, -0.05) is 0 Å². The Kier molecular flexibility index (Phi) is 4.92. The van der Waals surface area contributed by atoms with E-state index in [2.05, 4.69) is 5.32 Å². The molecule has 7 heteroatoms. The summed E-state index contributed by atoms with van der Waals surface area (Å²) < 4.78 is 15.1. The minimum Gasteiger partial charge on any atom is -0.444 e. The summed E-state index contributed by atoms with van der Waals surface area (Å²) in [6.45, 7) is 5.28. The second-order valence-corrected chi connectivity index (χ2v) is 5.14. The maximum absolute atomic E-state index is 11.4. The van der Waals surface area contributed by atoms with Crippen LogP contribution in [0.15, 0.2) is 0 Å². The first-order valence-corrected chi connectivity index (χ1v) is 5.76. The minimum atomic E-state index is -1.12. The lowest BCUT2D eigenvalue weighted by atomic mass is 10.1. The molecule has 1 aliphatic rings. The van der Waals surface area contributed by atoms with E-state index in [4.69, 9.17) is 14.2 Å². The molecule has 4 atom stereocenters. The van der Waals surface area contributed by atoms with Crippen LogP contribution in [-0.4, -0.2) is 60.2 Å². The van der Waals surface area contributed by atoms with Gasteiger partial charge in [0.25, 0.3) is 0 Å². The van der Waals surface area contributed by atoms with E-state index in [0.717, 1.165) is 0 Å². The van der Waals surface area contributed by atoms with E-state index >= 15 is 0 Å². The fourth-order valence-corrected chi connectivity index (χ4v) is 1.58. The summed E-state index contributed by atoms with van der Waals surface area (Å²) in [6, 6.07) is 0. The SMILES string of the molecule is COC1OC(CNC(=O)OC(C)(C)C)C(O)C1O. The normalized spacial score (nSPS) is 32.3. The maximum Gasteiger partial charge on any atom is 0.407 e. The van der Waals surface area contributed by atoms with Crippen LogP contribution in [-0.2, 0) is 14.2 Å². The highest BCUT2D eigenvalue weighted by atomic mass is 16.7. The van der Waals surface area contributed by atoms with Gasteiger partial charge in [0.15, 0.2) is 6.29 Å². The molecule has 4 unspecified atom stereocenters. The lowest BCUT2D eigenvalue weighted by Gasteiger charge is -2.21. The molecule has 3 N–H and O–H groups in total. The summed E-state index contributed by atoms with van der Waals surface area (Å²) >= 11 is 0. The molecule has 106 valence electrons. The highest BCUT2D eigenvalue weighted by Crippen LogP contribution is 2.21. The van der Waals surface area contributed by atoms with Gasteiger partial charge in [-0.15, -0.1) is 0 Å². The summed E-state index contributed by atoms with van der Waals surface area (Å²) in [6.07, 6.45) is -4.44. The van der Waals surface area contributed by atoms with E-state index in [0.29, 0.717) is 0 Å². The van der Waals surface area contributed by atoms with Gasteiger partial charge in [0.2, 0.25) is 0 Å². The molecule has 0 saturated carbocycles. The lowest BCUT2D eigenvalue weighted by Crippen LogP contribution is -2.41. The standard InChI is InChI=1S/C11H21NO6/c1-11(2,3)18-10(15)12-5-6-7(13)8(14)9(16-4)17-6/h6-9,13-14H,5H2,1-4H3,(H,12,15). The zero-order chi connectivity index (χ0) is 13.9. The number of amides is 1. The van der Waals surface area contributed by atoms with E-state index in [9.17, 15) is 15.0 Å². The van der Waals surface area contributed by atoms with Crippen LogP contribution < -0.4 is 5.32 Å². The van der Waals surface area contributed by atoms with E-state index < -0.39 is 36.3 Å². The Bertz CT molecular complexity index is 290. The summed E-state index contributed by atoms with van der Waals surface area (Å²) in [5.41, 5.74) is -0.589. The number of carbonyl (C=O) groups is 1. The lowest BCUT2D eigenvalue weighted by molar-refractivity contribution is -0.147. The topological polar surface area (TPSA) is 97.3 Å². The van der Waals surface area contributed by atoms with Gasteiger partial charge in [0, 0.05) is 13.7 Å². The van der Waals surface area contributed by atoms with Crippen LogP contribution in [0, 0.1) is 0 Å². The molecule has 1 saturated heterocycles. The van der Waals surface area contributed by atoms with Crippen molar-refractivity contribution in [2.45, 2.75) is 51.0 Å². The van der Waals surface area contributed by atoms with E-state index in [1.165, 1.54) is 7.11 Å². The van der Waals surface area contributed by atoms with Gasteiger partial charge in [0.1, 0.15) is 23.9 Å². The second-order valence-electron chi connectivity index (χ2n) is 5.14. The van der Waals surface area contributed by atoms with Crippen LogP contribution in [0.5, 0.6) is 0 Å². The summed E-state index contributed by atoms with van der Waals surface area (Å²) in [5, 5.41) is 21.7. The largest absolute Gasteiger partial charge is 0.444 e. The van der Waals surface area contributed by atoms with E-state index in [-0.39, 0.29) is 6.54 Å². The number of aliphatic hydroxyl groups excluding tert-OH is 2. The van der Waals surface area contributed by atoms with Crippen LogP contribution in [0.1, 0.15) is 20.8 Å². The number of hydrogen-bond donors (Lipinski definition) is 3. The van der Waals surface area contributed by atoms with Gasteiger partial charge < -0.3 is 29.7 Å². The van der Waals surface area contributed by atoms with Crippen LogP contribution in [0.2, 0.25) is 0 Å². The van der Waals surface area contributed by atoms with Crippen molar-refractivity contribution in [3.63, 3.8) is 0 Å². The Morgan fingerprint density at radius 3 is 2.39 bits per heavy atom. The van der Waals surface area contributed by atoms with Gasteiger partial charge in [0.05, 0.1) is 0 Å². The molecule has 1 fully saturated rings. The molecule has 0 aromatic heterocycles. The van der Waals surface area contributed by atoms with Crippen molar-refractivity contribution in [2.75, 3.05) is 13.7 Å². The van der Waals surface area contributed by atoms with Crippen molar-refractivity contribution in [3.05, 3.63) is 0 Å². The first-order valence-electron chi connectivity index (χ1n) is 5.76. The number of carbonyl (C=O) groups excluding carboxylic acids is 1. The number of aliphatic hydroxyl groups is 2. The van der Waals surface area contributed by atoms with Crippen molar-refractivity contribution in [1.29, 1.82) is 0 Å². The van der Waals surface area contributed by atoms with Crippen LogP contribution in [0.25, 0.3) is 0 Å². The molecule has 0 spiro atoms. The third kappa shape index (κ3) is 4.09. The highest BCUT2D eigenvalue weighted by molar-refractivity contribution is 5.67. The fraction of sp³-hybridized carbons (Fsp3) is 0.909. The molecular weight excluding hydrogens is 242 g/mol. The molecule has 18 heavy (non-hydrogen) atoms. The number of hydrogen-bond acceptors (Lipinski definition) is 6. The Morgan fingerprint density at radius 1 is 1.33 bits per heavy atom. The van der Waals surface area contributed by atoms with Gasteiger partial charge in [-0.3, -0.25) is 0 Å². The predicted molar refractivity (Wildman–Crippen MR) is 61.9 cm³/mol. The average Bonchev–Trinajstić information content (AvgIpc) is 2.51. The Hall–Kier alpha value is -0.890. The quantitative estimate of drug-likeness (QED) is 0.641. The molecule has 0 radical (unpaired) electrons. The van der Waals surface area contributed by atoms with Gasteiger partial charge in [-0.2, -0.15) is 0 Å². The maximum atomic E-state index is 11.4. The summed E-state index contributed by atoms with van der Waals surface area (Å²) in [7, 11) is 1.37. The molecule has 7 nitrogen and oxygen atoms in total. The molecule has 0 aliphatic carbocycles. The Labute approximate surface area is 106 Å². The second kappa shape index (κ2) is 5.83. The zero-order valence-electron chi connectivity index (χ0n) is 11.0. The number of nitrogens with one attached hydrogen (secondary N) is 1. The Morgan fingerprint density at radius 2 is 1.94 bits per heavy atom. The third-order valence-corrected chi connectivity index (χ3v) is 2.40. The minimum absolute atomic E-state index is 0.0347. The van der Waals surface area contributed by atoms with E-state index in [1.54, 1.807) is 20.8 Å². The predicted octanol–water partition coefficient (Wildman–Crippen LogP) is -0.396. The van der Waals surface area contributed by atoms with E-state index in [1.807, 2.05) is 0 Å². The molecule has 1 amide bonds. The van der Waals surface area contributed by atoms with Gasteiger partial charge in [-0.25, -0.2) is 4.79 Å².